The average molecular weight is 377 g/mol. The predicted molar refractivity (Wildman–Crippen MR) is 93.9 cm³/mol. The van der Waals surface area contributed by atoms with Gasteiger partial charge < -0.3 is 14.8 Å². The zero-order valence-corrected chi connectivity index (χ0v) is 14.4. The molecule has 2 aromatic carbocycles. The maximum atomic E-state index is 12.3. The fourth-order valence-corrected chi connectivity index (χ4v) is 2.58. The van der Waals surface area contributed by atoms with Crippen LogP contribution in [0.15, 0.2) is 54.1 Å². The first kappa shape index (κ1) is 19.0. The summed E-state index contributed by atoms with van der Waals surface area (Å²) in [6, 6.07) is 14.3. The Morgan fingerprint density at radius 3 is 2.52 bits per heavy atom. The van der Waals surface area contributed by atoms with Crippen LogP contribution in [0.3, 0.4) is 0 Å². The van der Waals surface area contributed by atoms with E-state index in [2.05, 4.69) is 10.1 Å². The van der Waals surface area contributed by atoms with Gasteiger partial charge in [0.15, 0.2) is 0 Å². The second kappa shape index (κ2) is 8.26. The molecular weight excluding hydrogens is 359 g/mol. The Labute approximate surface area is 154 Å². The third-order valence-corrected chi connectivity index (χ3v) is 3.93. The smallest absolute Gasteiger partial charge is 0.411 e. The summed E-state index contributed by atoms with van der Waals surface area (Å²) in [6.07, 6.45) is -2.53. The van der Waals surface area contributed by atoms with Crippen LogP contribution in [0.1, 0.15) is 16.7 Å². The third kappa shape index (κ3) is 5.59. The molecule has 0 atom stereocenters. The molecule has 0 saturated heterocycles. The van der Waals surface area contributed by atoms with Gasteiger partial charge in [-0.3, -0.25) is 4.79 Å². The molecule has 0 aliphatic carbocycles. The average Bonchev–Trinajstić information content (AvgIpc) is 2.65. The Bertz CT molecular complexity index is 829. The molecule has 0 spiro atoms. The van der Waals surface area contributed by atoms with E-state index in [1.807, 2.05) is 24.3 Å². The Morgan fingerprint density at radius 2 is 1.78 bits per heavy atom. The number of hydrogen-bond acceptors (Lipinski definition) is 3. The number of amides is 1. The highest BCUT2D eigenvalue weighted by molar-refractivity contribution is 5.99. The maximum Gasteiger partial charge on any atom is 0.411 e. The lowest BCUT2D eigenvalue weighted by atomic mass is 10.1. The summed E-state index contributed by atoms with van der Waals surface area (Å²) in [7, 11) is 0. The largest absolute Gasteiger partial charge is 0.488 e. The van der Waals surface area contributed by atoms with Crippen LogP contribution in [0, 0.1) is 0 Å². The van der Waals surface area contributed by atoms with Crippen molar-refractivity contribution in [3.63, 3.8) is 0 Å². The molecule has 7 heteroatoms. The molecule has 0 aromatic heterocycles. The van der Waals surface area contributed by atoms with Gasteiger partial charge in [0.25, 0.3) is 5.91 Å². The molecule has 1 aliphatic heterocycles. The molecule has 3 rings (SSSR count). The Morgan fingerprint density at radius 1 is 1.07 bits per heavy atom. The number of alkyl halides is 3. The molecule has 0 bridgehead atoms. The standard InChI is InChI=1S/C20H18F3NO3/c21-20(22,23)13-26-11-15-7-5-14(6-8-15)10-24-19(25)17-9-16-3-1-2-4-18(16)27-12-17/h1-9H,10-13H2,(H,24,25). The van der Waals surface area contributed by atoms with Crippen LogP contribution in [-0.2, 0) is 22.7 Å². The molecule has 1 heterocycles. The predicted octanol–water partition coefficient (Wildman–Crippen LogP) is 3.86. The highest BCUT2D eigenvalue weighted by atomic mass is 19.4. The van der Waals surface area contributed by atoms with E-state index in [-0.39, 0.29) is 19.1 Å². The summed E-state index contributed by atoms with van der Waals surface area (Å²) in [4.78, 5) is 12.3. The number of nitrogens with one attached hydrogen (secondary N) is 1. The minimum Gasteiger partial charge on any atom is -0.488 e. The molecule has 0 saturated carbocycles. The molecular formula is C20H18F3NO3. The maximum absolute atomic E-state index is 12.3. The second-order valence-electron chi connectivity index (χ2n) is 6.10. The molecule has 1 amide bonds. The van der Waals surface area contributed by atoms with Gasteiger partial charge in [-0.15, -0.1) is 0 Å². The van der Waals surface area contributed by atoms with E-state index >= 15 is 0 Å². The first-order valence-corrected chi connectivity index (χ1v) is 8.34. The number of fused-ring (bicyclic) bond motifs is 1. The molecule has 0 unspecified atom stereocenters. The zero-order chi connectivity index (χ0) is 19.3. The normalized spacial score (nSPS) is 13.4. The van der Waals surface area contributed by atoms with Gasteiger partial charge in [-0.1, -0.05) is 42.5 Å². The van der Waals surface area contributed by atoms with Gasteiger partial charge >= 0.3 is 6.18 Å². The monoisotopic (exact) mass is 377 g/mol. The molecule has 0 radical (unpaired) electrons. The Kier molecular flexibility index (Phi) is 5.81. The number of carbonyl (C=O) groups is 1. The number of carbonyl (C=O) groups excluding carboxylic acids is 1. The van der Waals surface area contributed by atoms with Crippen molar-refractivity contribution >= 4 is 12.0 Å². The molecule has 0 fully saturated rings. The molecule has 4 nitrogen and oxygen atoms in total. The fourth-order valence-electron chi connectivity index (χ4n) is 2.58. The summed E-state index contributed by atoms with van der Waals surface area (Å²) >= 11 is 0. The molecule has 1 N–H and O–H groups in total. The molecule has 27 heavy (non-hydrogen) atoms. The van der Waals surface area contributed by atoms with Crippen molar-refractivity contribution < 1.29 is 27.4 Å². The van der Waals surface area contributed by atoms with E-state index in [0.29, 0.717) is 17.7 Å². The highest BCUT2D eigenvalue weighted by Crippen LogP contribution is 2.25. The van der Waals surface area contributed by atoms with E-state index in [9.17, 15) is 18.0 Å². The van der Waals surface area contributed by atoms with Crippen molar-refractivity contribution in [1.29, 1.82) is 0 Å². The van der Waals surface area contributed by atoms with Crippen LogP contribution < -0.4 is 10.1 Å². The van der Waals surface area contributed by atoms with Gasteiger partial charge in [-0.2, -0.15) is 13.2 Å². The summed E-state index contributed by atoms with van der Waals surface area (Å²) < 4.78 is 46.3. The number of halogens is 3. The Hall–Kier alpha value is -2.80. The third-order valence-electron chi connectivity index (χ3n) is 3.93. The van der Waals surface area contributed by atoms with E-state index in [1.165, 1.54) is 0 Å². The van der Waals surface area contributed by atoms with Crippen LogP contribution >= 0.6 is 0 Å². The van der Waals surface area contributed by atoms with Gasteiger partial charge in [-0.05, 0) is 23.3 Å². The number of ether oxygens (including phenoxy) is 2. The van der Waals surface area contributed by atoms with E-state index < -0.39 is 12.8 Å². The van der Waals surface area contributed by atoms with E-state index in [0.717, 1.165) is 16.9 Å². The number of para-hydroxylation sites is 1. The molecule has 1 aliphatic rings. The minimum atomic E-state index is -4.33. The highest BCUT2D eigenvalue weighted by Gasteiger charge is 2.27. The van der Waals surface area contributed by atoms with Crippen molar-refractivity contribution in [2.24, 2.45) is 0 Å². The number of hydrogen-bond donors (Lipinski definition) is 1. The number of benzene rings is 2. The molecule has 2 aromatic rings. The van der Waals surface area contributed by atoms with Crippen molar-refractivity contribution in [3.8, 4) is 5.75 Å². The van der Waals surface area contributed by atoms with Crippen molar-refractivity contribution in [1.82, 2.24) is 5.32 Å². The zero-order valence-electron chi connectivity index (χ0n) is 14.4. The fraction of sp³-hybridized carbons (Fsp3) is 0.250. The van der Waals surface area contributed by atoms with Crippen LogP contribution in [0.25, 0.3) is 6.08 Å². The van der Waals surface area contributed by atoms with Crippen LogP contribution in [-0.4, -0.2) is 25.3 Å². The van der Waals surface area contributed by atoms with E-state index in [1.54, 1.807) is 30.3 Å². The van der Waals surface area contributed by atoms with Gasteiger partial charge in [0.1, 0.15) is 19.0 Å². The van der Waals surface area contributed by atoms with Gasteiger partial charge in [0.05, 0.1) is 12.2 Å². The molecule has 142 valence electrons. The first-order chi connectivity index (χ1) is 12.9. The first-order valence-electron chi connectivity index (χ1n) is 8.34. The van der Waals surface area contributed by atoms with Crippen molar-refractivity contribution in [3.05, 3.63) is 70.8 Å². The number of rotatable bonds is 6. The van der Waals surface area contributed by atoms with Gasteiger partial charge in [-0.25, -0.2) is 0 Å². The lowest BCUT2D eigenvalue weighted by Crippen LogP contribution is -2.28. The topological polar surface area (TPSA) is 47.6 Å². The van der Waals surface area contributed by atoms with Gasteiger partial charge in [0, 0.05) is 12.1 Å². The summed E-state index contributed by atoms with van der Waals surface area (Å²) in [6.45, 7) is -0.874. The SMILES string of the molecule is O=C(NCc1ccc(COCC(F)(F)F)cc1)C1=Cc2ccccc2OC1. The lowest BCUT2D eigenvalue weighted by molar-refractivity contribution is -0.176. The summed E-state index contributed by atoms with van der Waals surface area (Å²) in [5, 5.41) is 2.81. The summed E-state index contributed by atoms with van der Waals surface area (Å²) in [5.74, 6) is 0.527. The quantitative estimate of drug-likeness (QED) is 0.832. The minimum absolute atomic E-state index is 0.115. The van der Waals surface area contributed by atoms with Crippen LogP contribution in [0.5, 0.6) is 5.75 Å². The second-order valence-corrected chi connectivity index (χ2v) is 6.10. The summed E-state index contributed by atoms with van der Waals surface area (Å²) in [5.41, 5.74) is 2.86. The van der Waals surface area contributed by atoms with Gasteiger partial charge in [0.2, 0.25) is 0 Å². The van der Waals surface area contributed by atoms with Crippen molar-refractivity contribution in [2.45, 2.75) is 19.3 Å². The van der Waals surface area contributed by atoms with Crippen LogP contribution in [0.2, 0.25) is 0 Å². The van der Waals surface area contributed by atoms with Crippen molar-refractivity contribution in [2.75, 3.05) is 13.2 Å². The Balaban J connectivity index is 1.50. The lowest BCUT2D eigenvalue weighted by Gasteiger charge is -2.17. The van der Waals surface area contributed by atoms with Crippen LogP contribution in [0.4, 0.5) is 13.2 Å². The van der Waals surface area contributed by atoms with E-state index in [4.69, 9.17) is 4.74 Å².